The van der Waals surface area contributed by atoms with Gasteiger partial charge >= 0.3 is 0 Å². The maximum absolute atomic E-state index is 13.4. The van der Waals surface area contributed by atoms with E-state index in [2.05, 4.69) is 0 Å². The number of rotatable bonds is 1. The Morgan fingerprint density at radius 3 is 2.33 bits per heavy atom. The minimum Gasteiger partial charge on any atom is -0.296 e. The molecule has 1 amide bonds. The molecular weight excluding hydrogens is 276 g/mol. The van der Waals surface area contributed by atoms with Crippen LogP contribution < -0.4 is 0 Å². The maximum atomic E-state index is 13.4. The Kier molecular flexibility index (Phi) is 3.49. The Bertz CT molecular complexity index is 560. The van der Waals surface area contributed by atoms with Crippen LogP contribution in [0.15, 0.2) is 17.0 Å². The van der Waals surface area contributed by atoms with Gasteiger partial charge < -0.3 is 0 Å². The van der Waals surface area contributed by atoms with Crippen molar-refractivity contribution in [3.05, 3.63) is 39.8 Å². The van der Waals surface area contributed by atoms with E-state index in [1.54, 1.807) is 7.05 Å². The second-order valence-corrected chi connectivity index (χ2v) is 5.53. The lowest BCUT2D eigenvalue weighted by Crippen LogP contribution is -2.22. The average Bonchev–Trinajstić information content (AvgIpc) is 2.54. The summed E-state index contributed by atoms with van der Waals surface area (Å²) >= 11 is 6.08. The van der Waals surface area contributed by atoms with E-state index in [1.807, 2.05) is 0 Å². The van der Waals surface area contributed by atoms with Crippen LogP contribution in [0.5, 0.6) is 0 Å². The minimum absolute atomic E-state index is 0.0322. The number of halogens is 2. The monoisotopic (exact) mass is 285 g/mol. The van der Waals surface area contributed by atoms with Gasteiger partial charge in [0, 0.05) is 12.6 Å². The van der Waals surface area contributed by atoms with Crippen LogP contribution in [0.25, 0.3) is 6.08 Å². The van der Waals surface area contributed by atoms with Gasteiger partial charge in [-0.25, -0.2) is 8.78 Å². The fourth-order valence-electron chi connectivity index (χ4n) is 1.45. The van der Waals surface area contributed by atoms with Crippen molar-refractivity contribution in [2.45, 2.75) is 6.92 Å². The normalized spacial score (nSPS) is 18.0. The number of amides is 1. The van der Waals surface area contributed by atoms with Gasteiger partial charge in [-0.1, -0.05) is 24.0 Å². The molecule has 0 bridgehead atoms. The summed E-state index contributed by atoms with van der Waals surface area (Å²) in [6.45, 7) is 1.36. The molecule has 2 rings (SSSR count). The van der Waals surface area contributed by atoms with E-state index >= 15 is 0 Å². The molecule has 1 aliphatic heterocycles. The molecule has 2 nitrogen and oxygen atoms in total. The van der Waals surface area contributed by atoms with Crippen molar-refractivity contribution in [1.82, 2.24) is 4.90 Å². The van der Waals surface area contributed by atoms with Gasteiger partial charge in [0.1, 0.15) is 16.0 Å². The quantitative estimate of drug-likeness (QED) is 0.584. The molecule has 0 aliphatic carbocycles. The van der Waals surface area contributed by atoms with Crippen molar-refractivity contribution in [1.29, 1.82) is 0 Å². The highest BCUT2D eigenvalue weighted by atomic mass is 32.2. The summed E-state index contributed by atoms with van der Waals surface area (Å²) in [4.78, 5) is 13.4. The summed E-state index contributed by atoms with van der Waals surface area (Å²) in [5.74, 6) is -1.52. The molecular formula is C12H9F2NOS2. The molecule has 0 N–H and O–H groups in total. The fraction of sp³-hybridized carbons (Fsp3) is 0.167. The molecule has 1 aliphatic rings. The first kappa shape index (κ1) is 13.2. The Morgan fingerprint density at radius 1 is 1.33 bits per heavy atom. The van der Waals surface area contributed by atoms with Gasteiger partial charge in [-0.3, -0.25) is 9.69 Å². The number of carbonyl (C=O) groups excluding carboxylic acids is 1. The number of benzene rings is 1. The van der Waals surface area contributed by atoms with Crippen LogP contribution in [0.2, 0.25) is 0 Å². The fourth-order valence-corrected chi connectivity index (χ4v) is 2.62. The van der Waals surface area contributed by atoms with Crippen LogP contribution in [0, 0.1) is 18.6 Å². The summed E-state index contributed by atoms with van der Waals surface area (Å²) in [6, 6.07) is 2.39. The number of likely N-dealkylation sites (N-methyl/N-ethyl adjacent to an activating group) is 1. The van der Waals surface area contributed by atoms with Crippen molar-refractivity contribution < 1.29 is 13.6 Å². The number of thioether (sulfide) groups is 1. The lowest BCUT2D eigenvalue weighted by atomic mass is 10.1. The average molecular weight is 285 g/mol. The smallest absolute Gasteiger partial charge is 0.265 e. The van der Waals surface area contributed by atoms with Crippen LogP contribution in [0.3, 0.4) is 0 Å². The molecule has 0 spiro atoms. The summed E-state index contributed by atoms with van der Waals surface area (Å²) in [5.41, 5.74) is 0.278. The first-order chi connectivity index (χ1) is 8.40. The molecule has 18 heavy (non-hydrogen) atoms. The Hall–Kier alpha value is -1.27. The topological polar surface area (TPSA) is 20.3 Å². The second kappa shape index (κ2) is 4.78. The van der Waals surface area contributed by atoms with Crippen molar-refractivity contribution in [2.75, 3.05) is 7.05 Å². The maximum Gasteiger partial charge on any atom is 0.265 e. The molecule has 1 fully saturated rings. The van der Waals surface area contributed by atoms with Crippen molar-refractivity contribution in [2.24, 2.45) is 0 Å². The summed E-state index contributed by atoms with van der Waals surface area (Å²) in [5, 5.41) is 0. The van der Waals surface area contributed by atoms with Crippen LogP contribution >= 0.6 is 24.0 Å². The first-order valence-corrected chi connectivity index (χ1v) is 6.30. The Morgan fingerprint density at radius 2 is 1.89 bits per heavy atom. The highest BCUT2D eigenvalue weighted by Gasteiger charge is 2.28. The molecule has 1 saturated heterocycles. The van der Waals surface area contributed by atoms with Gasteiger partial charge in [-0.2, -0.15) is 0 Å². The van der Waals surface area contributed by atoms with Gasteiger partial charge in [0.25, 0.3) is 5.91 Å². The van der Waals surface area contributed by atoms with Crippen molar-refractivity contribution in [3.8, 4) is 0 Å². The van der Waals surface area contributed by atoms with Gasteiger partial charge in [-0.05, 0) is 30.7 Å². The molecule has 0 unspecified atom stereocenters. The summed E-state index contributed by atoms with van der Waals surface area (Å²) < 4.78 is 27.2. The zero-order chi connectivity index (χ0) is 13.4. The predicted molar refractivity (Wildman–Crippen MR) is 72.0 cm³/mol. The van der Waals surface area contributed by atoms with Crippen LogP contribution in [0.1, 0.15) is 11.1 Å². The van der Waals surface area contributed by atoms with Crippen LogP contribution in [0.4, 0.5) is 8.78 Å². The zero-order valence-corrected chi connectivity index (χ0v) is 11.3. The Labute approximate surface area is 113 Å². The van der Waals surface area contributed by atoms with E-state index in [4.69, 9.17) is 12.2 Å². The lowest BCUT2D eigenvalue weighted by molar-refractivity contribution is -0.121. The third-order valence-electron chi connectivity index (χ3n) is 2.59. The third-order valence-corrected chi connectivity index (χ3v) is 4.07. The largest absolute Gasteiger partial charge is 0.296 e. The van der Waals surface area contributed by atoms with Crippen LogP contribution in [-0.2, 0) is 4.79 Å². The van der Waals surface area contributed by atoms with E-state index in [0.29, 0.717) is 14.8 Å². The standard InChI is InChI=1S/C12H9F2NOS2/c1-6-8(13)3-7(4-9(6)14)5-10-11(16)15(2)12(17)18-10/h3-5H,1-2H3/b10-5-. The molecule has 1 heterocycles. The van der Waals surface area contributed by atoms with E-state index in [-0.39, 0.29) is 11.5 Å². The number of nitrogens with zero attached hydrogens (tertiary/aromatic N) is 1. The van der Waals surface area contributed by atoms with Crippen molar-refractivity contribution in [3.63, 3.8) is 0 Å². The molecule has 6 heteroatoms. The number of carbonyl (C=O) groups is 1. The molecule has 1 aromatic carbocycles. The number of hydrogen-bond donors (Lipinski definition) is 0. The van der Waals surface area contributed by atoms with Crippen LogP contribution in [-0.4, -0.2) is 22.2 Å². The van der Waals surface area contributed by atoms with E-state index in [0.717, 1.165) is 11.8 Å². The molecule has 1 aromatic rings. The lowest BCUT2D eigenvalue weighted by Gasteiger charge is -2.04. The third kappa shape index (κ3) is 2.30. The molecule has 0 aromatic heterocycles. The Balaban J connectivity index is 2.40. The summed E-state index contributed by atoms with van der Waals surface area (Å²) in [6.07, 6.45) is 1.44. The molecule has 0 atom stereocenters. The molecule has 0 saturated carbocycles. The number of thiocarbonyl (C=S) groups is 1. The zero-order valence-electron chi connectivity index (χ0n) is 9.66. The number of hydrogen-bond acceptors (Lipinski definition) is 3. The van der Waals surface area contributed by atoms with Gasteiger partial charge in [0.05, 0.1) is 4.91 Å². The minimum atomic E-state index is -0.631. The van der Waals surface area contributed by atoms with E-state index in [9.17, 15) is 13.6 Å². The predicted octanol–water partition coefficient (Wildman–Crippen LogP) is 3.10. The van der Waals surface area contributed by atoms with Gasteiger partial charge in [0.15, 0.2) is 0 Å². The van der Waals surface area contributed by atoms with Gasteiger partial charge in [0.2, 0.25) is 0 Å². The van der Waals surface area contributed by atoms with Crippen molar-refractivity contribution >= 4 is 40.3 Å². The molecule has 94 valence electrons. The highest BCUT2D eigenvalue weighted by Crippen LogP contribution is 2.31. The molecule has 0 radical (unpaired) electrons. The van der Waals surface area contributed by atoms with E-state index < -0.39 is 11.6 Å². The first-order valence-electron chi connectivity index (χ1n) is 5.07. The highest BCUT2D eigenvalue weighted by molar-refractivity contribution is 8.26. The SMILES string of the molecule is Cc1c(F)cc(/C=C2\SC(=S)N(C)C2=O)cc1F. The van der Waals surface area contributed by atoms with Gasteiger partial charge in [-0.15, -0.1) is 0 Å². The van der Waals surface area contributed by atoms with E-state index in [1.165, 1.54) is 30.0 Å². The summed E-state index contributed by atoms with van der Waals surface area (Å²) in [7, 11) is 1.56. The second-order valence-electron chi connectivity index (χ2n) is 3.85.